The summed E-state index contributed by atoms with van der Waals surface area (Å²) in [6.45, 7) is 3.44. The van der Waals surface area contributed by atoms with Crippen molar-refractivity contribution in [2.75, 3.05) is 24.5 Å². The van der Waals surface area contributed by atoms with Crippen LogP contribution in [0.15, 0.2) is 12.1 Å². The van der Waals surface area contributed by atoms with Crippen LogP contribution < -0.4 is 4.90 Å². The van der Waals surface area contributed by atoms with Gasteiger partial charge in [0.25, 0.3) is 0 Å². The number of halogens is 3. The van der Waals surface area contributed by atoms with Crippen LogP contribution in [0.3, 0.4) is 0 Å². The first kappa shape index (κ1) is 16.8. The number of carbonyl (C=O) groups is 2. The highest BCUT2D eigenvalue weighted by molar-refractivity contribution is 6.00. The molecule has 7 heteroatoms. The van der Waals surface area contributed by atoms with Gasteiger partial charge in [0, 0.05) is 26.1 Å². The van der Waals surface area contributed by atoms with Crippen molar-refractivity contribution in [3.05, 3.63) is 29.6 Å². The fraction of sp³-hybridized carbons (Fsp3) is 0.529. The van der Waals surface area contributed by atoms with Crippen LogP contribution in [0.4, 0.5) is 18.9 Å². The summed E-state index contributed by atoms with van der Waals surface area (Å²) in [5, 5.41) is 0. The van der Waals surface area contributed by atoms with Crippen LogP contribution in [0, 0.1) is 29.3 Å². The van der Waals surface area contributed by atoms with E-state index in [2.05, 4.69) is 6.92 Å². The maximum Gasteiger partial charge on any atom is 0.228 e. The molecule has 0 aromatic heterocycles. The van der Waals surface area contributed by atoms with Crippen molar-refractivity contribution < 1.29 is 22.8 Å². The lowest BCUT2D eigenvalue weighted by atomic mass is 9.97. The molecule has 2 aliphatic heterocycles. The zero-order valence-electron chi connectivity index (χ0n) is 13.4. The van der Waals surface area contributed by atoms with Crippen molar-refractivity contribution in [2.24, 2.45) is 11.8 Å². The van der Waals surface area contributed by atoms with E-state index in [1.54, 1.807) is 4.90 Å². The van der Waals surface area contributed by atoms with E-state index < -0.39 is 29.3 Å². The lowest BCUT2D eigenvalue weighted by molar-refractivity contribution is -0.137. The Labute approximate surface area is 138 Å². The van der Waals surface area contributed by atoms with E-state index in [0.29, 0.717) is 19.0 Å². The van der Waals surface area contributed by atoms with Gasteiger partial charge < -0.3 is 9.80 Å². The first-order chi connectivity index (χ1) is 11.4. The first-order valence-electron chi connectivity index (χ1n) is 8.11. The molecular formula is C17H19F3N2O2. The molecule has 2 fully saturated rings. The van der Waals surface area contributed by atoms with Gasteiger partial charge in [-0.05, 0) is 30.9 Å². The molecule has 1 aromatic rings. The molecule has 0 N–H and O–H groups in total. The zero-order valence-corrected chi connectivity index (χ0v) is 13.4. The standard InChI is InChI=1S/C17H19F3N2O2/c1-10-4-6-21(7-5-10)17(24)11-8-14(23)22(9-11)13-3-2-12(18)15(19)16(13)20/h2-3,10-11H,4-9H2,1H3. The first-order valence-corrected chi connectivity index (χ1v) is 8.11. The number of amides is 2. The minimum Gasteiger partial charge on any atom is -0.342 e. The van der Waals surface area contributed by atoms with Gasteiger partial charge in [-0.25, -0.2) is 13.2 Å². The number of nitrogens with zero attached hydrogens (tertiary/aromatic N) is 2. The molecule has 2 saturated heterocycles. The number of carbonyl (C=O) groups excluding carboxylic acids is 2. The van der Waals surface area contributed by atoms with Gasteiger partial charge in [-0.15, -0.1) is 0 Å². The highest BCUT2D eigenvalue weighted by Crippen LogP contribution is 2.31. The van der Waals surface area contributed by atoms with E-state index in [0.717, 1.165) is 29.9 Å². The topological polar surface area (TPSA) is 40.6 Å². The molecule has 1 atom stereocenters. The smallest absolute Gasteiger partial charge is 0.228 e. The number of hydrogen-bond acceptors (Lipinski definition) is 2. The summed E-state index contributed by atoms with van der Waals surface area (Å²) < 4.78 is 40.3. The number of benzene rings is 1. The van der Waals surface area contributed by atoms with Crippen molar-refractivity contribution in [1.82, 2.24) is 4.90 Å². The van der Waals surface area contributed by atoms with Crippen LogP contribution in [-0.2, 0) is 9.59 Å². The molecule has 0 saturated carbocycles. The largest absolute Gasteiger partial charge is 0.342 e. The molecule has 0 spiro atoms. The normalized spacial score (nSPS) is 22.3. The minimum absolute atomic E-state index is 0.00822. The highest BCUT2D eigenvalue weighted by atomic mass is 19.2. The Morgan fingerprint density at radius 1 is 1.12 bits per heavy atom. The number of rotatable bonds is 2. The molecule has 2 aliphatic rings. The van der Waals surface area contributed by atoms with Crippen LogP contribution >= 0.6 is 0 Å². The van der Waals surface area contributed by atoms with Crippen LogP contribution in [-0.4, -0.2) is 36.3 Å². The van der Waals surface area contributed by atoms with Gasteiger partial charge in [-0.3, -0.25) is 9.59 Å². The Kier molecular flexibility index (Phi) is 4.51. The molecule has 3 rings (SSSR count). The molecule has 4 nitrogen and oxygen atoms in total. The third kappa shape index (κ3) is 2.99. The average Bonchev–Trinajstić information content (AvgIpc) is 2.94. The van der Waals surface area contributed by atoms with Gasteiger partial charge in [-0.1, -0.05) is 6.92 Å². The number of likely N-dealkylation sites (tertiary alicyclic amines) is 1. The Hall–Kier alpha value is -2.05. The summed E-state index contributed by atoms with van der Waals surface area (Å²) in [5.74, 6) is -4.89. The molecule has 2 heterocycles. The van der Waals surface area contributed by atoms with Crippen LogP contribution in [0.5, 0.6) is 0 Å². The summed E-state index contributed by atoms with van der Waals surface area (Å²) in [7, 11) is 0. The lowest BCUT2D eigenvalue weighted by Gasteiger charge is -2.32. The maximum absolute atomic E-state index is 13.9. The summed E-state index contributed by atoms with van der Waals surface area (Å²) in [6, 6.07) is 1.81. The monoisotopic (exact) mass is 340 g/mol. The molecule has 2 amide bonds. The molecule has 0 aliphatic carbocycles. The van der Waals surface area contributed by atoms with Crippen LogP contribution in [0.1, 0.15) is 26.2 Å². The predicted octanol–water partition coefficient (Wildman–Crippen LogP) is 2.72. The lowest BCUT2D eigenvalue weighted by Crippen LogP contribution is -2.42. The fourth-order valence-corrected chi connectivity index (χ4v) is 3.32. The van der Waals surface area contributed by atoms with Crippen LogP contribution in [0.2, 0.25) is 0 Å². The summed E-state index contributed by atoms with van der Waals surface area (Å²) >= 11 is 0. The molecule has 1 aromatic carbocycles. The van der Waals surface area contributed by atoms with E-state index in [1.165, 1.54) is 0 Å². The van der Waals surface area contributed by atoms with Crippen molar-refractivity contribution in [1.29, 1.82) is 0 Å². The Morgan fingerprint density at radius 2 is 1.79 bits per heavy atom. The second-order valence-corrected chi connectivity index (χ2v) is 6.61. The summed E-state index contributed by atoms with van der Waals surface area (Å²) in [4.78, 5) is 27.5. The van der Waals surface area contributed by atoms with Crippen molar-refractivity contribution in [2.45, 2.75) is 26.2 Å². The van der Waals surface area contributed by atoms with Crippen LogP contribution in [0.25, 0.3) is 0 Å². The molecule has 0 radical (unpaired) electrons. The number of piperidine rings is 1. The second-order valence-electron chi connectivity index (χ2n) is 6.61. The quantitative estimate of drug-likeness (QED) is 0.777. The van der Waals surface area contributed by atoms with E-state index in [4.69, 9.17) is 0 Å². The van der Waals surface area contributed by atoms with Gasteiger partial charge in [-0.2, -0.15) is 0 Å². The van der Waals surface area contributed by atoms with Crippen molar-refractivity contribution >= 4 is 17.5 Å². The Bertz CT molecular complexity index is 672. The number of anilines is 1. The van der Waals surface area contributed by atoms with E-state index in [1.807, 2.05) is 0 Å². The van der Waals surface area contributed by atoms with Gasteiger partial charge >= 0.3 is 0 Å². The van der Waals surface area contributed by atoms with Crippen molar-refractivity contribution in [3.63, 3.8) is 0 Å². The molecule has 130 valence electrons. The van der Waals surface area contributed by atoms with Gasteiger partial charge in [0.1, 0.15) is 0 Å². The molecule has 24 heavy (non-hydrogen) atoms. The molecule has 0 bridgehead atoms. The summed E-state index contributed by atoms with van der Waals surface area (Å²) in [6.07, 6.45) is 1.81. The SMILES string of the molecule is CC1CCN(C(=O)C2CC(=O)N(c3ccc(F)c(F)c3F)C2)CC1. The third-order valence-electron chi connectivity index (χ3n) is 4.88. The Morgan fingerprint density at radius 3 is 2.46 bits per heavy atom. The fourth-order valence-electron chi connectivity index (χ4n) is 3.32. The third-order valence-corrected chi connectivity index (χ3v) is 4.88. The van der Waals surface area contributed by atoms with E-state index >= 15 is 0 Å². The molecule has 1 unspecified atom stereocenters. The Balaban J connectivity index is 1.74. The average molecular weight is 340 g/mol. The summed E-state index contributed by atoms with van der Waals surface area (Å²) in [5.41, 5.74) is -0.318. The molecular weight excluding hydrogens is 321 g/mol. The predicted molar refractivity (Wildman–Crippen MR) is 81.8 cm³/mol. The number of hydrogen-bond donors (Lipinski definition) is 0. The second kappa shape index (κ2) is 6.45. The van der Waals surface area contributed by atoms with Gasteiger partial charge in [0.2, 0.25) is 11.8 Å². The van der Waals surface area contributed by atoms with Gasteiger partial charge in [0.15, 0.2) is 17.5 Å². The minimum atomic E-state index is -1.61. The van der Waals surface area contributed by atoms with E-state index in [9.17, 15) is 22.8 Å². The van der Waals surface area contributed by atoms with Gasteiger partial charge in [0.05, 0.1) is 11.6 Å². The van der Waals surface area contributed by atoms with E-state index in [-0.39, 0.29) is 24.6 Å². The highest BCUT2D eigenvalue weighted by Gasteiger charge is 2.39. The van der Waals surface area contributed by atoms with Crippen molar-refractivity contribution in [3.8, 4) is 0 Å². The maximum atomic E-state index is 13.9. The zero-order chi connectivity index (χ0) is 17.4.